The van der Waals surface area contributed by atoms with E-state index in [0.29, 0.717) is 19.1 Å². The highest BCUT2D eigenvalue weighted by Crippen LogP contribution is 2.32. The van der Waals surface area contributed by atoms with Crippen LogP contribution in [-0.4, -0.2) is 35.8 Å². The number of nitrogens with one attached hydrogen (secondary N) is 1. The Bertz CT molecular complexity index is 576. The molecule has 0 spiro atoms. The number of carbonyl (C=O) groups is 2. The van der Waals surface area contributed by atoms with Crippen LogP contribution in [0.15, 0.2) is 6.07 Å². The minimum absolute atomic E-state index is 0.0954. The van der Waals surface area contributed by atoms with Crippen molar-refractivity contribution in [2.75, 3.05) is 13.1 Å². The molecule has 0 aromatic carbocycles. The molecular weight excluding hydrogens is 296 g/mol. The van der Waals surface area contributed by atoms with E-state index in [9.17, 15) is 9.59 Å². The highest BCUT2D eigenvalue weighted by molar-refractivity contribution is 7.14. The summed E-state index contributed by atoms with van der Waals surface area (Å²) in [7, 11) is 0. The Kier molecular flexibility index (Phi) is 3.68. The molecule has 1 saturated heterocycles. The number of rotatable bonds is 3. The predicted molar refractivity (Wildman–Crippen MR) is 86.1 cm³/mol. The van der Waals surface area contributed by atoms with Gasteiger partial charge in [0.15, 0.2) is 0 Å². The van der Waals surface area contributed by atoms with E-state index < -0.39 is 0 Å². The van der Waals surface area contributed by atoms with Crippen LogP contribution in [0.5, 0.6) is 0 Å². The Morgan fingerprint density at radius 1 is 1.14 bits per heavy atom. The number of nitrogens with zero attached hydrogens (tertiary/aromatic N) is 1. The number of amides is 2. The zero-order chi connectivity index (χ0) is 15.1. The van der Waals surface area contributed by atoms with Crippen LogP contribution >= 0.6 is 11.3 Å². The first-order valence-electron chi connectivity index (χ1n) is 8.42. The standard InChI is InChI=1S/C17H22N2O2S/c20-16(18-13-4-5-13)11-6-8-19(9-7-11)17(21)15-10-12-2-1-3-14(12)22-15/h10-11,13H,1-9H2,(H,18,20). The fourth-order valence-electron chi connectivity index (χ4n) is 3.48. The first-order valence-corrected chi connectivity index (χ1v) is 9.23. The molecule has 5 heteroatoms. The summed E-state index contributed by atoms with van der Waals surface area (Å²) in [4.78, 5) is 28.9. The molecule has 1 aromatic heterocycles. The van der Waals surface area contributed by atoms with E-state index >= 15 is 0 Å². The van der Waals surface area contributed by atoms with Crippen molar-refractivity contribution in [2.24, 2.45) is 5.92 Å². The number of hydrogen-bond donors (Lipinski definition) is 1. The first kappa shape index (κ1) is 14.2. The van der Waals surface area contributed by atoms with Gasteiger partial charge >= 0.3 is 0 Å². The average molecular weight is 318 g/mol. The molecule has 1 N–H and O–H groups in total. The Morgan fingerprint density at radius 3 is 2.59 bits per heavy atom. The molecule has 1 aromatic rings. The van der Waals surface area contributed by atoms with E-state index in [1.807, 2.05) is 4.90 Å². The summed E-state index contributed by atoms with van der Waals surface area (Å²) in [5, 5.41) is 3.08. The molecule has 2 fully saturated rings. The second-order valence-corrected chi connectivity index (χ2v) is 7.90. The maximum absolute atomic E-state index is 12.6. The van der Waals surface area contributed by atoms with Crippen molar-refractivity contribution in [3.05, 3.63) is 21.4 Å². The van der Waals surface area contributed by atoms with Crippen LogP contribution in [0.1, 0.15) is 52.2 Å². The third-order valence-corrected chi connectivity index (χ3v) is 6.26. The molecule has 0 atom stereocenters. The third-order valence-electron chi connectivity index (χ3n) is 5.03. The molecule has 4 rings (SSSR count). The van der Waals surface area contributed by atoms with Crippen molar-refractivity contribution in [3.8, 4) is 0 Å². The Hall–Kier alpha value is -1.36. The van der Waals surface area contributed by atoms with Gasteiger partial charge in [-0.05, 0) is 56.6 Å². The summed E-state index contributed by atoms with van der Waals surface area (Å²) in [5.74, 6) is 0.461. The maximum Gasteiger partial charge on any atom is 0.263 e. The summed E-state index contributed by atoms with van der Waals surface area (Å²) >= 11 is 1.68. The second kappa shape index (κ2) is 5.69. The number of likely N-dealkylation sites (tertiary alicyclic amines) is 1. The van der Waals surface area contributed by atoms with Crippen LogP contribution in [0.2, 0.25) is 0 Å². The minimum atomic E-state index is 0.0954. The molecule has 0 radical (unpaired) electrons. The summed E-state index contributed by atoms with van der Waals surface area (Å²) in [5.41, 5.74) is 1.38. The number of piperidine rings is 1. The molecule has 0 unspecified atom stereocenters. The van der Waals surface area contributed by atoms with Crippen LogP contribution < -0.4 is 5.32 Å². The van der Waals surface area contributed by atoms with Crippen molar-refractivity contribution >= 4 is 23.2 Å². The molecule has 0 bridgehead atoms. The summed E-state index contributed by atoms with van der Waals surface area (Å²) < 4.78 is 0. The van der Waals surface area contributed by atoms with E-state index in [1.54, 1.807) is 11.3 Å². The van der Waals surface area contributed by atoms with Crippen LogP contribution in [-0.2, 0) is 17.6 Å². The van der Waals surface area contributed by atoms with E-state index in [4.69, 9.17) is 0 Å². The maximum atomic E-state index is 12.6. The zero-order valence-corrected chi connectivity index (χ0v) is 13.6. The minimum Gasteiger partial charge on any atom is -0.353 e. The molecule has 2 amide bonds. The van der Waals surface area contributed by atoms with E-state index in [-0.39, 0.29) is 17.7 Å². The van der Waals surface area contributed by atoms with Crippen molar-refractivity contribution in [2.45, 2.75) is 51.0 Å². The summed E-state index contributed by atoms with van der Waals surface area (Å²) in [6, 6.07) is 2.53. The molecule has 2 aliphatic carbocycles. The van der Waals surface area contributed by atoms with Gasteiger partial charge < -0.3 is 10.2 Å². The molecular formula is C17H22N2O2S. The van der Waals surface area contributed by atoms with Crippen molar-refractivity contribution in [3.63, 3.8) is 0 Å². The quantitative estimate of drug-likeness (QED) is 0.930. The molecule has 4 nitrogen and oxygen atoms in total. The van der Waals surface area contributed by atoms with Gasteiger partial charge in [0, 0.05) is 29.9 Å². The molecule has 1 saturated carbocycles. The van der Waals surface area contributed by atoms with Crippen LogP contribution in [0.3, 0.4) is 0 Å². The summed E-state index contributed by atoms with van der Waals surface area (Å²) in [6.07, 6.45) is 7.36. The Balaban J connectivity index is 1.34. The number of aryl methyl sites for hydroxylation is 2. The lowest BCUT2D eigenvalue weighted by molar-refractivity contribution is -0.126. The topological polar surface area (TPSA) is 49.4 Å². The number of hydrogen-bond acceptors (Lipinski definition) is 3. The van der Waals surface area contributed by atoms with E-state index in [1.165, 1.54) is 16.9 Å². The lowest BCUT2D eigenvalue weighted by Crippen LogP contribution is -2.43. The molecule has 3 aliphatic rings. The number of thiophene rings is 1. The Labute approximate surface area is 134 Å². The highest BCUT2D eigenvalue weighted by atomic mass is 32.1. The van der Waals surface area contributed by atoms with Crippen molar-refractivity contribution in [1.29, 1.82) is 0 Å². The SMILES string of the molecule is O=C(NC1CC1)C1CCN(C(=O)c2cc3c(s2)CCC3)CC1. The van der Waals surface area contributed by atoms with Gasteiger partial charge in [0.2, 0.25) is 5.91 Å². The van der Waals surface area contributed by atoms with Gasteiger partial charge in [-0.2, -0.15) is 0 Å². The normalized spacial score (nSPS) is 21.7. The highest BCUT2D eigenvalue weighted by Gasteiger charge is 2.32. The monoisotopic (exact) mass is 318 g/mol. The van der Waals surface area contributed by atoms with Gasteiger partial charge in [0.25, 0.3) is 5.91 Å². The summed E-state index contributed by atoms with van der Waals surface area (Å²) in [6.45, 7) is 1.42. The van der Waals surface area contributed by atoms with E-state index in [0.717, 1.165) is 43.4 Å². The number of fused-ring (bicyclic) bond motifs is 1. The lowest BCUT2D eigenvalue weighted by atomic mass is 9.95. The Morgan fingerprint density at radius 2 is 1.91 bits per heavy atom. The van der Waals surface area contributed by atoms with E-state index in [2.05, 4.69) is 11.4 Å². The predicted octanol–water partition coefficient (Wildman–Crippen LogP) is 2.37. The third kappa shape index (κ3) is 2.78. The fourth-order valence-corrected chi connectivity index (χ4v) is 4.70. The smallest absolute Gasteiger partial charge is 0.263 e. The van der Waals surface area contributed by atoms with Gasteiger partial charge in [-0.3, -0.25) is 9.59 Å². The second-order valence-electron chi connectivity index (χ2n) is 6.76. The molecule has 1 aliphatic heterocycles. The van der Waals surface area contributed by atoms with Gasteiger partial charge in [0.05, 0.1) is 4.88 Å². The fraction of sp³-hybridized carbons (Fsp3) is 0.647. The molecule has 118 valence electrons. The van der Waals surface area contributed by atoms with Crippen molar-refractivity contribution < 1.29 is 9.59 Å². The lowest BCUT2D eigenvalue weighted by Gasteiger charge is -2.31. The van der Waals surface area contributed by atoms with Crippen molar-refractivity contribution in [1.82, 2.24) is 10.2 Å². The van der Waals surface area contributed by atoms with Crippen LogP contribution in [0, 0.1) is 5.92 Å². The zero-order valence-electron chi connectivity index (χ0n) is 12.8. The largest absolute Gasteiger partial charge is 0.353 e. The first-order chi connectivity index (χ1) is 10.7. The number of carbonyl (C=O) groups excluding carboxylic acids is 2. The van der Waals surface area contributed by atoms with Gasteiger partial charge in [-0.15, -0.1) is 11.3 Å². The van der Waals surface area contributed by atoms with Gasteiger partial charge in [-0.25, -0.2) is 0 Å². The van der Waals surface area contributed by atoms with Gasteiger partial charge in [-0.1, -0.05) is 0 Å². The van der Waals surface area contributed by atoms with Crippen LogP contribution in [0.4, 0.5) is 0 Å². The molecule has 2 heterocycles. The van der Waals surface area contributed by atoms with Crippen LogP contribution in [0.25, 0.3) is 0 Å². The van der Waals surface area contributed by atoms with Gasteiger partial charge in [0.1, 0.15) is 0 Å². The molecule has 22 heavy (non-hydrogen) atoms. The average Bonchev–Trinajstić information content (AvgIpc) is 3.08.